The molecular formula is C60H83NO10. The maximum Gasteiger partial charge on any atom is 0.407 e. The zero-order chi connectivity index (χ0) is 50.0. The molecule has 12 aliphatic rings. The molecule has 1 amide bonds. The number of allylic oxidation sites excluding steroid dienone is 5. The molecule has 5 unspecified atom stereocenters. The van der Waals surface area contributed by atoms with Crippen LogP contribution in [0, 0.1) is 57.2 Å². The quantitative estimate of drug-likeness (QED) is 0.104. The summed E-state index contributed by atoms with van der Waals surface area (Å²) < 4.78 is 39.7. The molecule has 12 rings (SSSR count). The van der Waals surface area contributed by atoms with Crippen LogP contribution >= 0.6 is 0 Å². The van der Waals surface area contributed by atoms with Crippen LogP contribution in [0.5, 0.6) is 0 Å². The van der Waals surface area contributed by atoms with E-state index in [1.165, 1.54) is 36.0 Å². The van der Waals surface area contributed by atoms with Crippen molar-refractivity contribution < 1.29 is 48.2 Å². The molecule has 3 saturated heterocycles. The van der Waals surface area contributed by atoms with Crippen molar-refractivity contribution in [2.24, 2.45) is 57.2 Å². The molecule has 3 N–H and O–H groups in total. The first kappa shape index (κ1) is 48.7. The normalized spacial score (nSPS) is 48.6. The summed E-state index contributed by atoms with van der Waals surface area (Å²) in [7, 11) is 0. The molecule has 11 nitrogen and oxygen atoms in total. The Kier molecular flexibility index (Phi) is 11.2. The van der Waals surface area contributed by atoms with Crippen molar-refractivity contribution in [3.8, 4) is 0 Å². The Morgan fingerprint density at radius 2 is 1.69 bits per heavy atom. The average molecular weight is 978 g/mol. The number of ether oxygens (including phenoxy) is 6. The van der Waals surface area contributed by atoms with E-state index in [0.29, 0.717) is 49.5 Å². The number of alkyl carbamates (subject to hydrolysis) is 1. The van der Waals surface area contributed by atoms with Gasteiger partial charge in [0.25, 0.3) is 0 Å². The SMILES string of the molecule is C=C1OCC2=C1CC[C@@]1(C)[C@H]2C[C@@H]2O[C@@]23[C@H](OC(=O)CC2(C)CC(NC(=O)O[C@H]4C[C@H](O)C/C(=C/C=C5\CCC[C@@]6(C)C5CCC6[C@@H](C)/C=C/C(O)C5CC5)C4=C)CC(C)(C)C2)[C@@]2(C(C)C)O[C@H]2[C@@H]2O[C@@]231. The zero-order valence-corrected chi connectivity index (χ0v) is 44.0. The lowest BCUT2D eigenvalue weighted by Crippen LogP contribution is -2.70. The Labute approximate surface area is 422 Å². The number of epoxide rings is 3. The van der Waals surface area contributed by atoms with Crippen LogP contribution in [0.3, 0.4) is 0 Å². The van der Waals surface area contributed by atoms with Gasteiger partial charge in [-0.2, -0.15) is 0 Å². The minimum absolute atomic E-state index is 0.0851. The number of carbonyl (C=O) groups is 2. The maximum absolute atomic E-state index is 14.7. The summed E-state index contributed by atoms with van der Waals surface area (Å²) in [5.74, 6) is 2.83. The van der Waals surface area contributed by atoms with E-state index in [2.05, 4.69) is 98.2 Å². The molecular weight excluding hydrogens is 895 g/mol. The standard InChI is InChI=1S/C60H83NO10/c1-32(2)58-50(70-58)51-60(71-51)57(10)23-21-41-35(5)66-30-42(41)45(57)26-48-59(60,69-48)52(58)68-49(64)29-55(8)28-39(27-54(6,7)31-55)61-53(65)67-47-25-40(62)24-38(34(47)4)17-14-36-12-11-22-56(9)43(18-19-44(36)56)33(3)13-20-46(63)37-15-16-37/h13-14,17,20,32-33,37,39-40,43-48,50-52,62-63H,4-5,11-12,15-16,18-19,21-31H2,1-3,6-10H3,(H,61,65)/b20-13+,36-14+,38-17-/t33-,39?,40+,43?,44?,45-,46?,47-,48-,50-,51-,52+,55?,56+,57-,58-,59+,60+/m0/s1. The fraction of sp³-hybridized carbons (Fsp3) is 0.767. The van der Waals surface area contributed by atoms with E-state index in [1.807, 2.05) is 0 Å². The highest BCUT2D eigenvalue weighted by atomic mass is 16.8. The Balaban J connectivity index is 0.701. The second kappa shape index (κ2) is 16.4. The predicted molar refractivity (Wildman–Crippen MR) is 268 cm³/mol. The van der Waals surface area contributed by atoms with E-state index in [9.17, 15) is 19.8 Å². The van der Waals surface area contributed by atoms with Gasteiger partial charge in [-0.3, -0.25) is 4.79 Å². The van der Waals surface area contributed by atoms with Crippen LogP contribution in [0.15, 0.2) is 71.1 Å². The summed E-state index contributed by atoms with van der Waals surface area (Å²) in [6.07, 6.45) is 19.5. The molecule has 0 aromatic rings. The first-order chi connectivity index (χ1) is 33.6. The van der Waals surface area contributed by atoms with Crippen molar-refractivity contribution in [1.82, 2.24) is 5.32 Å². The van der Waals surface area contributed by atoms with Gasteiger partial charge in [-0.1, -0.05) is 98.4 Å². The first-order valence-electron chi connectivity index (χ1n) is 28.0. The highest BCUT2D eigenvalue weighted by Gasteiger charge is 3.01. The van der Waals surface area contributed by atoms with Gasteiger partial charge in [-0.15, -0.1) is 0 Å². The first-order valence-corrected chi connectivity index (χ1v) is 28.0. The van der Waals surface area contributed by atoms with Crippen LogP contribution in [0.1, 0.15) is 158 Å². The molecule has 388 valence electrons. The lowest BCUT2D eigenvalue weighted by molar-refractivity contribution is -0.172. The molecule has 4 heterocycles. The minimum atomic E-state index is -0.762. The number of rotatable bonds is 11. The number of nitrogens with one attached hydrogen (secondary N) is 1. The van der Waals surface area contributed by atoms with Crippen LogP contribution in [-0.2, 0) is 33.2 Å². The van der Waals surface area contributed by atoms with Gasteiger partial charge >= 0.3 is 12.1 Å². The Morgan fingerprint density at radius 1 is 0.901 bits per heavy atom. The average Bonchev–Trinajstić information content (AvgIpc) is 4.13. The van der Waals surface area contributed by atoms with Crippen molar-refractivity contribution in [1.29, 1.82) is 0 Å². The Bertz CT molecular complexity index is 2410. The van der Waals surface area contributed by atoms with Crippen molar-refractivity contribution in [2.75, 3.05) is 6.61 Å². The van der Waals surface area contributed by atoms with E-state index in [-0.39, 0.29) is 70.9 Å². The fourth-order valence-electron chi connectivity index (χ4n) is 18.4. The van der Waals surface area contributed by atoms with Crippen LogP contribution in [0.2, 0.25) is 0 Å². The van der Waals surface area contributed by atoms with Gasteiger partial charge in [0.15, 0.2) is 11.7 Å². The number of hydrogen-bond donors (Lipinski definition) is 3. The molecule has 0 aromatic heterocycles. The molecule has 8 aliphatic carbocycles. The summed E-state index contributed by atoms with van der Waals surface area (Å²) in [6.45, 7) is 27.3. The predicted octanol–water partition coefficient (Wildman–Crippen LogP) is 10.5. The molecule has 71 heavy (non-hydrogen) atoms. The van der Waals surface area contributed by atoms with E-state index in [0.717, 1.165) is 74.7 Å². The molecule has 0 radical (unpaired) electrons. The number of fused-ring (bicyclic) bond motifs is 5. The number of aliphatic hydroxyl groups is 2. The van der Waals surface area contributed by atoms with Crippen molar-refractivity contribution in [2.45, 2.75) is 224 Å². The van der Waals surface area contributed by atoms with Gasteiger partial charge in [-0.25, -0.2) is 4.79 Å². The molecule has 0 bridgehead atoms. The second-order valence-electron chi connectivity index (χ2n) is 27.2. The third-order valence-electron chi connectivity index (χ3n) is 21.7. The minimum Gasteiger partial charge on any atom is -0.490 e. The molecule has 2 spiro atoms. The molecule has 11 heteroatoms. The fourth-order valence-corrected chi connectivity index (χ4v) is 18.4. The number of carbonyl (C=O) groups excluding carboxylic acids is 2. The van der Waals surface area contributed by atoms with Crippen molar-refractivity contribution in [3.05, 3.63) is 71.1 Å². The number of esters is 1. The third-order valence-corrected chi connectivity index (χ3v) is 21.7. The van der Waals surface area contributed by atoms with Gasteiger partial charge in [0.1, 0.15) is 41.9 Å². The van der Waals surface area contributed by atoms with Gasteiger partial charge < -0.3 is 44.0 Å². The third kappa shape index (κ3) is 7.39. The second-order valence-corrected chi connectivity index (χ2v) is 27.2. The summed E-state index contributed by atoms with van der Waals surface area (Å²) >= 11 is 0. The lowest BCUT2D eigenvalue weighted by atomic mass is 9.46. The summed E-state index contributed by atoms with van der Waals surface area (Å²) in [5, 5.41) is 24.9. The van der Waals surface area contributed by atoms with Gasteiger partial charge in [0, 0.05) is 17.9 Å². The number of amides is 1. The van der Waals surface area contributed by atoms with E-state index in [1.54, 1.807) is 0 Å². The van der Waals surface area contributed by atoms with Gasteiger partial charge in [-0.05, 0) is 164 Å². The van der Waals surface area contributed by atoms with Gasteiger partial charge in [0.05, 0.1) is 24.7 Å². The summed E-state index contributed by atoms with van der Waals surface area (Å²) in [6, 6.07) is -0.231. The molecule has 0 aromatic carbocycles. The smallest absolute Gasteiger partial charge is 0.407 e. The zero-order valence-electron chi connectivity index (χ0n) is 44.0. The van der Waals surface area contributed by atoms with E-state index < -0.39 is 46.6 Å². The maximum atomic E-state index is 14.7. The summed E-state index contributed by atoms with van der Waals surface area (Å²) in [5.41, 5.74) is 3.09. The van der Waals surface area contributed by atoms with E-state index >= 15 is 0 Å². The van der Waals surface area contributed by atoms with Gasteiger partial charge in [0.2, 0.25) is 0 Å². The highest BCUT2D eigenvalue weighted by Crippen LogP contribution is 2.83. The largest absolute Gasteiger partial charge is 0.490 e. The van der Waals surface area contributed by atoms with Crippen LogP contribution in [0.4, 0.5) is 4.79 Å². The summed E-state index contributed by atoms with van der Waals surface area (Å²) in [4.78, 5) is 28.6. The molecule has 4 aliphatic heterocycles. The van der Waals surface area contributed by atoms with Crippen molar-refractivity contribution >= 4 is 12.1 Å². The Morgan fingerprint density at radius 3 is 2.45 bits per heavy atom. The monoisotopic (exact) mass is 978 g/mol. The highest BCUT2D eigenvalue weighted by molar-refractivity contribution is 5.72. The van der Waals surface area contributed by atoms with Crippen LogP contribution in [-0.4, -0.2) is 94.5 Å². The molecule has 10 fully saturated rings. The molecule has 18 atom stereocenters. The van der Waals surface area contributed by atoms with Crippen molar-refractivity contribution in [3.63, 3.8) is 0 Å². The van der Waals surface area contributed by atoms with Crippen LogP contribution < -0.4 is 5.32 Å². The Hall–Kier alpha value is -3.22. The number of aliphatic hydroxyl groups excluding tert-OH is 2. The topological polar surface area (TPSA) is 152 Å². The van der Waals surface area contributed by atoms with E-state index in [4.69, 9.17) is 28.4 Å². The van der Waals surface area contributed by atoms with Crippen LogP contribution in [0.25, 0.3) is 0 Å². The number of hydrogen-bond acceptors (Lipinski definition) is 10. The molecule has 7 saturated carbocycles. The lowest BCUT2D eigenvalue weighted by Gasteiger charge is -2.54.